The summed E-state index contributed by atoms with van der Waals surface area (Å²) in [4.78, 5) is -1.49. The van der Waals surface area contributed by atoms with Gasteiger partial charge in [0.2, 0.25) is 0 Å². The second-order valence-electron chi connectivity index (χ2n) is 7.11. The third kappa shape index (κ3) is 3.79. The van der Waals surface area contributed by atoms with E-state index in [2.05, 4.69) is 0 Å². The van der Waals surface area contributed by atoms with Gasteiger partial charge in [0, 0.05) is 14.7 Å². The Morgan fingerprint density at radius 1 is 0.457 bits per heavy atom. The van der Waals surface area contributed by atoms with E-state index in [1.165, 1.54) is 54.6 Å². The van der Waals surface area contributed by atoms with Crippen LogP contribution in [-0.4, -0.2) is 31.7 Å². The highest BCUT2D eigenvalue weighted by atomic mass is 33.2. The maximum Gasteiger partial charge on any atom is 0.460 e. The standard InChI is InChI=1S/C22H15F9O2S2/c23-19(24,21(27,28)29)20(25,26)22(30,31)35(32,33)34(16-10-4-1-5-11-16,17-12-6-2-7-13-17)18-14-8-3-9-15-18/h1-15H. The second kappa shape index (κ2) is 8.77. The maximum atomic E-state index is 15.3. The van der Waals surface area contributed by atoms with Gasteiger partial charge in [0.05, 0.1) is 0 Å². The number of alkyl halides is 9. The SMILES string of the molecule is O=S(=O)(C(F)(F)C(F)(F)C(F)(F)C(F)(F)F)S(c1ccccc1)(c1ccccc1)c1ccccc1. The van der Waals surface area contributed by atoms with E-state index >= 15 is 8.78 Å². The van der Waals surface area contributed by atoms with E-state index < -0.39 is 55.9 Å². The van der Waals surface area contributed by atoms with Gasteiger partial charge in [0.1, 0.15) is 0 Å². The molecule has 0 aromatic heterocycles. The Balaban J connectivity index is 2.51. The van der Waals surface area contributed by atoms with E-state index in [-0.39, 0.29) is 0 Å². The quantitative estimate of drug-likeness (QED) is 0.225. The van der Waals surface area contributed by atoms with Gasteiger partial charge in [-0.25, -0.2) is 8.42 Å². The fourth-order valence-electron chi connectivity index (χ4n) is 3.30. The zero-order valence-electron chi connectivity index (χ0n) is 17.2. The number of rotatable bonds is 7. The molecular formula is C22H15F9O2S2. The van der Waals surface area contributed by atoms with Crippen LogP contribution in [0.1, 0.15) is 0 Å². The molecule has 0 spiro atoms. The van der Waals surface area contributed by atoms with Crippen LogP contribution in [0, 0.1) is 0 Å². The summed E-state index contributed by atoms with van der Waals surface area (Å²) in [7, 11) is -11.5. The van der Waals surface area contributed by atoms with Crippen LogP contribution < -0.4 is 0 Å². The first-order valence-corrected chi connectivity index (χ1v) is 13.1. The minimum Gasteiger partial charge on any atom is -0.211 e. The monoisotopic (exact) mass is 546 g/mol. The highest BCUT2D eigenvalue weighted by molar-refractivity contribution is 8.90. The summed E-state index contributed by atoms with van der Waals surface area (Å²) >= 11 is 0. The topological polar surface area (TPSA) is 34.1 Å². The first kappa shape index (κ1) is 26.9. The molecule has 3 aromatic carbocycles. The van der Waals surface area contributed by atoms with Gasteiger partial charge in [-0.1, -0.05) is 63.7 Å². The molecule has 13 heteroatoms. The molecule has 0 amide bonds. The molecule has 3 aromatic rings. The normalized spacial score (nSPS) is 14.5. The fraction of sp³-hybridized carbons (Fsp3) is 0.182. The van der Waals surface area contributed by atoms with Crippen molar-refractivity contribution in [3.05, 3.63) is 91.0 Å². The lowest BCUT2D eigenvalue weighted by molar-refractivity contribution is -0.381. The average molecular weight is 546 g/mol. The smallest absolute Gasteiger partial charge is 0.211 e. The molecule has 0 atom stereocenters. The molecule has 0 aliphatic heterocycles. The maximum absolute atomic E-state index is 15.3. The van der Waals surface area contributed by atoms with Crippen molar-refractivity contribution >= 4 is 17.9 Å². The Labute approximate surface area is 195 Å². The molecule has 190 valence electrons. The van der Waals surface area contributed by atoms with Crippen LogP contribution >= 0.6 is 9.06 Å². The van der Waals surface area contributed by atoms with Crippen molar-refractivity contribution in [2.45, 2.75) is 38.0 Å². The molecule has 0 N–H and O–H groups in total. The third-order valence-electron chi connectivity index (χ3n) is 4.98. The first-order chi connectivity index (χ1) is 16.1. The fourth-order valence-corrected chi connectivity index (χ4v) is 11.8. The summed E-state index contributed by atoms with van der Waals surface area (Å²) in [5.74, 6) is -14.7. The second-order valence-corrected chi connectivity index (χ2v) is 13.9. The zero-order chi connectivity index (χ0) is 26.3. The van der Waals surface area contributed by atoms with Crippen molar-refractivity contribution in [3.63, 3.8) is 0 Å². The van der Waals surface area contributed by atoms with Gasteiger partial charge >= 0.3 is 23.3 Å². The molecule has 0 radical (unpaired) electrons. The molecule has 0 fully saturated rings. The number of halogens is 9. The Morgan fingerprint density at radius 2 is 0.743 bits per heavy atom. The molecule has 0 unspecified atom stereocenters. The van der Waals surface area contributed by atoms with Crippen molar-refractivity contribution in [2.24, 2.45) is 0 Å². The predicted octanol–water partition coefficient (Wildman–Crippen LogP) is 7.72. The van der Waals surface area contributed by atoms with Gasteiger partial charge in [0.15, 0.2) is 0 Å². The van der Waals surface area contributed by atoms with Gasteiger partial charge in [-0.05, 0) is 36.4 Å². The Hall–Kier alpha value is -2.67. The minimum atomic E-state index is -7.37. The summed E-state index contributed by atoms with van der Waals surface area (Å²) in [6, 6.07) is 17.2. The molecule has 0 saturated heterocycles. The van der Waals surface area contributed by atoms with Crippen LogP contribution in [-0.2, 0) is 8.87 Å². The molecule has 0 aliphatic carbocycles. The van der Waals surface area contributed by atoms with E-state index in [4.69, 9.17) is 0 Å². The van der Waals surface area contributed by atoms with E-state index in [9.17, 15) is 39.2 Å². The minimum absolute atomic E-state index is 0.497. The lowest BCUT2D eigenvalue weighted by Gasteiger charge is -2.44. The zero-order valence-corrected chi connectivity index (χ0v) is 18.8. The predicted molar refractivity (Wildman–Crippen MR) is 112 cm³/mol. The molecule has 35 heavy (non-hydrogen) atoms. The van der Waals surface area contributed by atoms with Gasteiger partial charge in [-0.15, -0.1) is 0 Å². The van der Waals surface area contributed by atoms with Crippen LogP contribution in [0.25, 0.3) is 0 Å². The van der Waals surface area contributed by atoms with Crippen LogP contribution in [0.15, 0.2) is 106 Å². The first-order valence-electron chi connectivity index (χ1n) is 9.50. The molecule has 0 heterocycles. The van der Waals surface area contributed by atoms with Gasteiger partial charge in [-0.2, -0.15) is 39.5 Å². The van der Waals surface area contributed by atoms with Crippen molar-refractivity contribution in [3.8, 4) is 0 Å². The molecule has 2 nitrogen and oxygen atoms in total. The largest absolute Gasteiger partial charge is 0.460 e. The molecule has 3 rings (SSSR count). The summed E-state index contributed by atoms with van der Waals surface area (Å²) in [5, 5.41) is -6.87. The Morgan fingerprint density at radius 3 is 1.00 bits per heavy atom. The molecule has 0 aliphatic rings. The number of hydrogen-bond acceptors (Lipinski definition) is 2. The molecule has 0 saturated carbocycles. The lowest BCUT2D eigenvalue weighted by atomic mass is 10.1. The summed E-state index contributed by atoms with van der Waals surface area (Å²) in [6.45, 7) is 0. The van der Waals surface area contributed by atoms with Crippen molar-refractivity contribution in [1.82, 2.24) is 0 Å². The van der Waals surface area contributed by atoms with Gasteiger partial charge in [0.25, 0.3) is 8.87 Å². The van der Waals surface area contributed by atoms with Crippen molar-refractivity contribution in [1.29, 1.82) is 0 Å². The Kier molecular flexibility index (Phi) is 6.75. The van der Waals surface area contributed by atoms with Gasteiger partial charge < -0.3 is 0 Å². The van der Waals surface area contributed by atoms with Crippen LogP contribution in [0.4, 0.5) is 39.5 Å². The van der Waals surface area contributed by atoms with E-state index in [1.807, 2.05) is 0 Å². The summed E-state index contributed by atoms with van der Waals surface area (Å²) in [5.41, 5.74) is 0. The summed E-state index contributed by atoms with van der Waals surface area (Å²) < 4.78 is 152. The average Bonchev–Trinajstić information content (AvgIpc) is 2.80. The highest BCUT2D eigenvalue weighted by Crippen LogP contribution is 2.76. The summed E-state index contributed by atoms with van der Waals surface area (Å²) in [6.07, 6.45) is -7.17. The van der Waals surface area contributed by atoms with Crippen molar-refractivity contribution in [2.75, 3.05) is 0 Å². The number of benzene rings is 3. The third-order valence-corrected chi connectivity index (χ3v) is 13.7. The Bertz CT molecular complexity index is 1170. The van der Waals surface area contributed by atoms with Gasteiger partial charge in [-0.3, -0.25) is 0 Å². The molecule has 0 bridgehead atoms. The van der Waals surface area contributed by atoms with Crippen LogP contribution in [0.3, 0.4) is 0 Å². The van der Waals surface area contributed by atoms with Crippen molar-refractivity contribution < 1.29 is 47.9 Å². The number of hydrogen-bond donors (Lipinski definition) is 0. The van der Waals surface area contributed by atoms with E-state index in [0.29, 0.717) is 0 Å². The lowest BCUT2D eigenvalue weighted by Crippen LogP contribution is -2.63. The van der Waals surface area contributed by atoms with E-state index in [1.54, 1.807) is 0 Å². The molecular weight excluding hydrogens is 531 g/mol. The van der Waals surface area contributed by atoms with Crippen LogP contribution in [0.2, 0.25) is 0 Å². The van der Waals surface area contributed by atoms with Crippen LogP contribution in [0.5, 0.6) is 0 Å². The highest BCUT2D eigenvalue weighted by Gasteiger charge is 2.86. The van der Waals surface area contributed by atoms with E-state index in [0.717, 1.165) is 36.4 Å².